The molecule has 0 aliphatic rings. The minimum atomic E-state index is -0.516. The van der Waals surface area contributed by atoms with Gasteiger partial charge in [0.1, 0.15) is 5.58 Å². The summed E-state index contributed by atoms with van der Waals surface area (Å²) in [6.45, 7) is 11.2. The Balaban J connectivity index is 1.50. The lowest BCUT2D eigenvalue weighted by atomic mass is 9.93. The molecule has 0 saturated carbocycles. The molecular weight excluding hydrogens is 444 g/mol. The van der Waals surface area contributed by atoms with Gasteiger partial charge in [0.15, 0.2) is 16.5 Å². The Morgan fingerprint density at radius 1 is 1.15 bits per heavy atom. The van der Waals surface area contributed by atoms with E-state index in [0.29, 0.717) is 18.2 Å². The highest BCUT2D eigenvalue weighted by atomic mass is 32.1. The molecule has 3 heterocycles. The van der Waals surface area contributed by atoms with Crippen LogP contribution in [0.1, 0.15) is 67.8 Å². The first-order chi connectivity index (χ1) is 16.1. The first-order valence-corrected chi connectivity index (χ1v) is 12.3. The van der Waals surface area contributed by atoms with Crippen LogP contribution in [0.25, 0.3) is 32.6 Å². The molecule has 0 saturated heterocycles. The molecule has 174 valence electrons. The SMILES string of the molecule is CC(C)c1ccc2c(c1)c(C(N)=O)nn2Cc1ccc2oc(-c3nc(C(C)(C)C)cs3)cc2c1. The second-order valence-corrected chi connectivity index (χ2v) is 10.9. The molecule has 1 amide bonds. The zero-order valence-electron chi connectivity index (χ0n) is 20.0. The molecule has 7 heteroatoms. The van der Waals surface area contributed by atoms with E-state index in [0.717, 1.165) is 49.5 Å². The molecule has 5 aromatic rings. The number of carbonyl (C=O) groups is 1. The van der Waals surface area contributed by atoms with E-state index < -0.39 is 5.91 Å². The third-order valence-corrected chi connectivity index (χ3v) is 6.93. The summed E-state index contributed by atoms with van der Waals surface area (Å²) >= 11 is 1.60. The van der Waals surface area contributed by atoms with Crippen LogP contribution in [0.2, 0.25) is 0 Å². The van der Waals surface area contributed by atoms with Gasteiger partial charge in [-0.2, -0.15) is 5.10 Å². The molecule has 0 unspecified atom stereocenters. The van der Waals surface area contributed by atoms with Gasteiger partial charge in [-0.15, -0.1) is 11.3 Å². The van der Waals surface area contributed by atoms with Crippen molar-refractivity contribution in [2.45, 2.75) is 52.5 Å². The van der Waals surface area contributed by atoms with Gasteiger partial charge in [-0.25, -0.2) is 4.98 Å². The van der Waals surface area contributed by atoms with Gasteiger partial charge in [0.25, 0.3) is 5.91 Å². The Labute approximate surface area is 202 Å². The van der Waals surface area contributed by atoms with E-state index in [9.17, 15) is 4.79 Å². The Kier molecular flexibility index (Phi) is 5.32. The third-order valence-electron chi connectivity index (χ3n) is 6.07. The average Bonchev–Trinajstić information content (AvgIpc) is 3.49. The second kappa shape index (κ2) is 8.09. The third kappa shape index (κ3) is 4.01. The van der Waals surface area contributed by atoms with Crippen molar-refractivity contribution in [3.63, 3.8) is 0 Å². The summed E-state index contributed by atoms with van der Waals surface area (Å²) in [7, 11) is 0. The average molecular weight is 473 g/mol. The molecule has 0 aliphatic carbocycles. The number of hydrogen-bond donors (Lipinski definition) is 1. The normalized spacial score (nSPS) is 12.3. The summed E-state index contributed by atoms with van der Waals surface area (Å²) < 4.78 is 7.94. The Morgan fingerprint density at radius 2 is 1.94 bits per heavy atom. The molecule has 2 N–H and O–H groups in total. The molecule has 2 aromatic carbocycles. The largest absolute Gasteiger partial charge is 0.454 e. The summed E-state index contributed by atoms with van der Waals surface area (Å²) in [5.41, 5.74) is 10.9. The lowest BCUT2D eigenvalue weighted by Gasteiger charge is -2.13. The van der Waals surface area contributed by atoms with Crippen molar-refractivity contribution in [2.75, 3.05) is 0 Å². The van der Waals surface area contributed by atoms with E-state index in [2.05, 4.69) is 57.2 Å². The van der Waals surface area contributed by atoms with E-state index in [4.69, 9.17) is 15.1 Å². The summed E-state index contributed by atoms with van der Waals surface area (Å²) in [6, 6.07) is 14.3. The number of amides is 1. The second-order valence-electron chi connectivity index (χ2n) is 10.1. The first kappa shape index (κ1) is 22.3. The van der Waals surface area contributed by atoms with Crippen LogP contribution in [0, 0.1) is 0 Å². The summed E-state index contributed by atoms with van der Waals surface area (Å²) in [5.74, 6) is 0.607. The Bertz CT molecular complexity index is 1530. The van der Waals surface area contributed by atoms with Crippen LogP contribution in [0.4, 0.5) is 0 Å². The van der Waals surface area contributed by atoms with Gasteiger partial charge in [-0.1, -0.05) is 46.8 Å². The van der Waals surface area contributed by atoms with Crippen molar-refractivity contribution in [1.29, 1.82) is 0 Å². The Morgan fingerprint density at radius 3 is 2.62 bits per heavy atom. The molecule has 3 aromatic heterocycles. The zero-order chi connectivity index (χ0) is 24.2. The van der Waals surface area contributed by atoms with Gasteiger partial charge in [0, 0.05) is 21.6 Å². The number of hydrogen-bond acceptors (Lipinski definition) is 5. The number of carbonyl (C=O) groups excluding carboxylic acids is 1. The first-order valence-electron chi connectivity index (χ1n) is 11.4. The summed E-state index contributed by atoms with van der Waals surface area (Å²) in [6.07, 6.45) is 0. The highest BCUT2D eigenvalue weighted by Crippen LogP contribution is 2.34. The lowest BCUT2D eigenvalue weighted by Crippen LogP contribution is -2.13. The molecule has 0 aliphatic heterocycles. The minimum Gasteiger partial charge on any atom is -0.454 e. The van der Waals surface area contributed by atoms with Gasteiger partial charge >= 0.3 is 0 Å². The van der Waals surface area contributed by atoms with Gasteiger partial charge in [0.05, 0.1) is 17.8 Å². The zero-order valence-corrected chi connectivity index (χ0v) is 20.9. The van der Waals surface area contributed by atoms with E-state index >= 15 is 0 Å². The molecule has 5 rings (SSSR count). The van der Waals surface area contributed by atoms with Crippen molar-refractivity contribution < 1.29 is 9.21 Å². The molecule has 0 radical (unpaired) electrons. The van der Waals surface area contributed by atoms with Gasteiger partial charge in [0.2, 0.25) is 0 Å². The van der Waals surface area contributed by atoms with Crippen LogP contribution in [-0.4, -0.2) is 20.7 Å². The van der Waals surface area contributed by atoms with Crippen LogP contribution < -0.4 is 5.73 Å². The van der Waals surface area contributed by atoms with Crippen molar-refractivity contribution in [3.8, 4) is 10.8 Å². The fourth-order valence-electron chi connectivity index (χ4n) is 4.06. The maximum Gasteiger partial charge on any atom is 0.269 e. The quantitative estimate of drug-likeness (QED) is 0.317. The molecular formula is C27H28N4O2S. The molecule has 34 heavy (non-hydrogen) atoms. The lowest BCUT2D eigenvalue weighted by molar-refractivity contribution is 0.0996. The number of thiazole rings is 1. The predicted molar refractivity (Wildman–Crippen MR) is 137 cm³/mol. The predicted octanol–water partition coefficient (Wildman–Crippen LogP) is 6.47. The van der Waals surface area contributed by atoms with Crippen LogP contribution in [-0.2, 0) is 12.0 Å². The standard InChI is InChI=1S/C27H28N4O2S/c1-15(2)17-7-8-20-19(11-17)24(25(28)32)30-31(20)13-16-6-9-21-18(10-16)12-22(33-21)26-29-23(14-34-26)27(3,4)5/h6-12,14-15H,13H2,1-5H3,(H2,28,32). The fourth-order valence-corrected chi connectivity index (χ4v) is 5.06. The topological polar surface area (TPSA) is 86.9 Å². The number of rotatable bonds is 5. The fraction of sp³-hybridized carbons (Fsp3) is 0.296. The van der Waals surface area contributed by atoms with Crippen molar-refractivity contribution in [3.05, 3.63) is 70.4 Å². The highest BCUT2D eigenvalue weighted by molar-refractivity contribution is 7.13. The van der Waals surface area contributed by atoms with E-state index in [1.54, 1.807) is 11.3 Å². The highest BCUT2D eigenvalue weighted by Gasteiger charge is 2.20. The molecule has 0 atom stereocenters. The summed E-state index contributed by atoms with van der Waals surface area (Å²) in [4.78, 5) is 16.8. The number of nitrogens with zero attached hydrogens (tertiary/aromatic N) is 3. The number of benzene rings is 2. The van der Waals surface area contributed by atoms with Crippen LogP contribution in [0.5, 0.6) is 0 Å². The molecule has 6 nitrogen and oxygen atoms in total. The van der Waals surface area contributed by atoms with E-state index in [1.807, 2.05) is 35.0 Å². The number of furan rings is 1. The Hall–Kier alpha value is -3.45. The van der Waals surface area contributed by atoms with Crippen LogP contribution >= 0.6 is 11.3 Å². The van der Waals surface area contributed by atoms with E-state index in [-0.39, 0.29) is 5.41 Å². The molecule has 0 fully saturated rings. The van der Waals surface area contributed by atoms with Crippen LogP contribution in [0.3, 0.4) is 0 Å². The minimum absolute atomic E-state index is 0.000170. The monoisotopic (exact) mass is 472 g/mol. The van der Waals surface area contributed by atoms with Crippen molar-refractivity contribution in [2.24, 2.45) is 5.73 Å². The van der Waals surface area contributed by atoms with Crippen molar-refractivity contribution in [1.82, 2.24) is 14.8 Å². The smallest absolute Gasteiger partial charge is 0.269 e. The number of primary amides is 1. The number of fused-ring (bicyclic) bond motifs is 2. The maximum atomic E-state index is 12.1. The van der Waals surface area contributed by atoms with Crippen LogP contribution in [0.15, 0.2) is 52.3 Å². The molecule has 0 spiro atoms. The molecule has 0 bridgehead atoms. The number of aromatic nitrogens is 3. The van der Waals surface area contributed by atoms with Crippen molar-refractivity contribution >= 4 is 39.1 Å². The number of nitrogens with two attached hydrogens (primary N) is 1. The summed E-state index contributed by atoms with van der Waals surface area (Å²) in [5, 5.41) is 9.33. The van der Waals surface area contributed by atoms with Gasteiger partial charge in [-0.05, 0) is 47.4 Å². The van der Waals surface area contributed by atoms with Gasteiger partial charge in [-0.3, -0.25) is 9.48 Å². The van der Waals surface area contributed by atoms with E-state index in [1.165, 1.54) is 0 Å². The van der Waals surface area contributed by atoms with Gasteiger partial charge < -0.3 is 10.2 Å². The maximum absolute atomic E-state index is 12.1.